The van der Waals surface area contributed by atoms with Gasteiger partial charge in [0, 0.05) is 10.9 Å². The van der Waals surface area contributed by atoms with Crippen LogP contribution in [0.5, 0.6) is 0 Å². The lowest BCUT2D eigenvalue weighted by Crippen LogP contribution is -2.39. The molecule has 0 saturated carbocycles. The third kappa shape index (κ3) is 5.38. The van der Waals surface area contributed by atoms with Crippen LogP contribution in [0.1, 0.15) is 40.3 Å². The molecule has 0 aliphatic rings. The molecule has 0 bridgehead atoms. The minimum Gasteiger partial charge on any atom is -0.478 e. The molecule has 0 fully saturated rings. The van der Waals surface area contributed by atoms with E-state index < -0.39 is 5.97 Å². The number of aromatic carboxylic acids is 1. The standard InChI is InChI=1S/C18H20N2O5S/c1-11(2)20-16(21)9-19-17(22)13-5-3-4-6-15(13)26-10-14-12(18(23)24)7-8-25-14/h3-8,11H,9-10H2,1-2H3,(H,19,22)(H,20,21)(H,23,24). The number of rotatable bonds is 8. The first-order valence-electron chi connectivity index (χ1n) is 7.97. The molecule has 3 N–H and O–H groups in total. The molecule has 1 aromatic heterocycles. The fourth-order valence-corrected chi connectivity index (χ4v) is 3.20. The van der Waals surface area contributed by atoms with Gasteiger partial charge in [-0.2, -0.15) is 0 Å². The summed E-state index contributed by atoms with van der Waals surface area (Å²) in [7, 11) is 0. The van der Waals surface area contributed by atoms with Gasteiger partial charge in [0.1, 0.15) is 11.3 Å². The summed E-state index contributed by atoms with van der Waals surface area (Å²) >= 11 is 1.29. The van der Waals surface area contributed by atoms with Gasteiger partial charge in [0.25, 0.3) is 5.91 Å². The predicted octanol–water partition coefficient (Wildman–Crippen LogP) is 2.52. The molecular weight excluding hydrogens is 356 g/mol. The van der Waals surface area contributed by atoms with Crippen molar-refractivity contribution < 1.29 is 23.9 Å². The second-order valence-electron chi connectivity index (χ2n) is 5.75. The Hall–Kier alpha value is -2.74. The van der Waals surface area contributed by atoms with Gasteiger partial charge in [-0.3, -0.25) is 9.59 Å². The molecule has 138 valence electrons. The Labute approximate surface area is 155 Å². The van der Waals surface area contributed by atoms with E-state index in [1.54, 1.807) is 24.3 Å². The lowest BCUT2D eigenvalue weighted by molar-refractivity contribution is -0.120. The monoisotopic (exact) mass is 376 g/mol. The van der Waals surface area contributed by atoms with E-state index in [4.69, 9.17) is 9.52 Å². The van der Waals surface area contributed by atoms with E-state index in [0.29, 0.717) is 16.2 Å². The maximum atomic E-state index is 12.4. The molecule has 2 amide bonds. The van der Waals surface area contributed by atoms with Gasteiger partial charge >= 0.3 is 5.97 Å². The van der Waals surface area contributed by atoms with E-state index >= 15 is 0 Å². The molecule has 1 heterocycles. The molecule has 2 aromatic rings. The Balaban J connectivity index is 2.02. The molecule has 26 heavy (non-hydrogen) atoms. The summed E-state index contributed by atoms with van der Waals surface area (Å²) in [6.45, 7) is 3.56. The number of hydrogen-bond acceptors (Lipinski definition) is 5. The van der Waals surface area contributed by atoms with Crippen molar-refractivity contribution in [2.24, 2.45) is 0 Å². The summed E-state index contributed by atoms with van der Waals surface area (Å²) in [6, 6.07) is 8.31. The van der Waals surface area contributed by atoms with Gasteiger partial charge in [-0.15, -0.1) is 11.8 Å². The molecule has 0 radical (unpaired) electrons. The van der Waals surface area contributed by atoms with Crippen LogP contribution in [-0.2, 0) is 10.5 Å². The van der Waals surface area contributed by atoms with E-state index in [2.05, 4.69) is 10.6 Å². The van der Waals surface area contributed by atoms with E-state index in [9.17, 15) is 14.4 Å². The van der Waals surface area contributed by atoms with E-state index in [-0.39, 0.29) is 35.7 Å². The van der Waals surface area contributed by atoms with Crippen LogP contribution >= 0.6 is 11.8 Å². The second kappa shape index (κ2) is 9.10. The second-order valence-corrected chi connectivity index (χ2v) is 6.77. The van der Waals surface area contributed by atoms with Crippen LogP contribution in [0.15, 0.2) is 45.9 Å². The smallest absolute Gasteiger partial charge is 0.339 e. The van der Waals surface area contributed by atoms with Crippen molar-refractivity contribution in [3.63, 3.8) is 0 Å². The molecule has 2 rings (SSSR count). The van der Waals surface area contributed by atoms with E-state index in [0.717, 1.165) is 0 Å². The van der Waals surface area contributed by atoms with Gasteiger partial charge in [0.15, 0.2) is 0 Å². The Bertz CT molecular complexity index is 800. The van der Waals surface area contributed by atoms with E-state index in [1.165, 1.54) is 24.1 Å². The predicted molar refractivity (Wildman–Crippen MR) is 97.3 cm³/mol. The third-order valence-electron chi connectivity index (χ3n) is 3.33. The number of carboxylic acids is 1. The highest BCUT2D eigenvalue weighted by molar-refractivity contribution is 7.98. The van der Waals surface area contributed by atoms with Gasteiger partial charge in [0.2, 0.25) is 5.91 Å². The van der Waals surface area contributed by atoms with Gasteiger partial charge in [-0.1, -0.05) is 12.1 Å². The molecule has 7 nitrogen and oxygen atoms in total. The highest BCUT2D eigenvalue weighted by Gasteiger charge is 2.16. The summed E-state index contributed by atoms with van der Waals surface area (Å²) in [6.07, 6.45) is 1.32. The zero-order valence-electron chi connectivity index (χ0n) is 14.4. The highest BCUT2D eigenvalue weighted by atomic mass is 32.2. The van der Waals surface area contributed by atoms with Crippen LogP contribution in [0.3, 0.4) is 0 Å². The van der Waals surface area contributed by atoms with Gasteiger partial charge in [-0.25, -0.2) is 4.79 Å². The Morgan fingerprint density at radius 2 is 1.88 bits per heavy atom. The Kier molecular flexibility index (Phi) is 6.85. The minimum absolute atomic E-state index is 0.000953. The number of benzene rings is 1. The number of carboxylic acid groups (broad SMARTS) is 1. The minimum atomic E-state index is -1.06. The number of thioether (sulfide) groups is 1. The first-order chi connectivity index (χ1) is 12.4. The number of hydrogen-bond donors (Lipinski definition) is 3. The summed E-state index contributed by atoms with van der Waals surface area (Å²) in [5.41, 5.74) is 0.517. The van der Waals surface area contributed by atoms with E-state index in [1.807, 2.05) is 13.8 Å². The largest absolute Gasteiger partial charge is 0.478 e. The molecule has 1 aromatic carbocycles. The summed E-state index contributed by atoms with van der Waals surface area (Å²) < 4.78 is 5.21. The number of furan rings is 1. The fraction of sp³-hybridized carbons (Fsp3) is 0.278. The number of amides is 2. The molecular formula is C18H20N2O5S. The Morgan fingerprint density at radius 3 is 2.58 bits per heavy atom. The molecule has 0 aliphatic carbocycles. The van der Waals surface area contributed by atoms with Crippen molar-refractivity contribution in [2.45, 2.75) is 30.5 Å². The zero-order chi connectivity index (χ0) is 19.1. The normalized spacial score (nSPS) is 10.6. The van der Waals surface area contributed by atoms with Gasteiger partial charge in [0.05, 0.1) is 24.1 Å². The van der Waals surface area contributed by atoms with Gasteiger partial charge < -0.3 is 20.2 Å². The fourth-order valence-electron chi connectivity index (χ4n) is 2.20. The van der Waals surface area contributed by atoms with Crippen LogP contribution in [0, 0.1) is 0 Å². The number of carbonyl (C=O) groups is 3. The molecule has 0 saturated heterocycles. The molecule has 0 atom stereocenters. The molecule has 8 heteroatoms. The lowest BCUT2D eigenvalue weighted by Gasteiger charge is -2.11. The summed E-state index contributed by atoms with van der Waals surface area (Å²) in [5, 5.41) is 14.4. The van der Waals surface area contributed by atoms with Gasteiger partial charge in [-0.05, 0) is 32.0 Å². The topological polar surface area (TPSA) is 109 Å². The number of carbonyl (C=O) groups excluding carboxylic acids is 2. The van der Waals surface area contributed by atoms with Crippen molar-refractivity contribution in [3.8, 4) is 0 Å². The molecule has 0 unspecified atom stereocenters. The molecule has 0 spiro atoms. The van der Waals surface area contributed by atoms with Crippen LogP contribution in [0.2, 0.25) is 0 Å². The van der Waals surface area contributed by atoms with Crippen molar-refractivity contribution in [3.05, 3.63) is 53.5 Å². The zero-order valence-corrected chi connectivity index (χ0v) is 15.3. The van der Waals surface area contributed by atoms with Crippen LogP contribution in [0.25, 0.3) is 0 Å². The SMILES string of the molecule is CC(C)NC(=O)CNC(=O)c1ccccc1SCc1occc1C(=O)O. The van der Waals surface area contributed by atoms with Crippen LogP contribution < -0.4 is 10.6 Å². The highest BCUT2D eigenvalue weighted by Crippen LogP contribution is 2.28. The average molecular weight is 376 g/mol. The first kappa shape index (κ1) is 19.6. The Morgan fingerprint density at radius 1 is 1.15 bits per heavy atom. The maximum absolute atomic E-state index is 12.4. The average Bonchev–Trinajstić information content (AvgIpc) is 3.06. The van der Waals surface area contributed by atoms with Crippen molar-refractivity contribution in [1.82, 2.24) is 10.6 Å². The quantitative estimate of drug-likeness (QED) is 0.611. The van der Waals surface area contributed by atoms with Crippen molar-refractivity contribution in [2.75, 3.05) is 6.54 Å². The lowest BCUT2D eigenvalue weighted by atomic mass is 10.2. The maximum Gasteiger partial charge on any atom is 0.339 e. The summed E-state index contributed by atoms with van der Waals surface area (Å²) in [4.78, 5) is 35.8. The van der Waals surface area contributed by atoms with Crippen molar-refractivity contribution >= 4 is 29.5 Å². The summed E-state index contributed by atoms with van der Waals surface area (Å²) in [5.74, 6) is -1.09. The van der Waals surface area contributed by atoms with Crippen molar-refractivity contribution in [1.29, 1.82) is 0 Å². The van der Waals surface area contributed by atoms with Crippen LogP contribution in [-0.4, -0.2) is 35.5 Å². The molecule has 0 aliphatic heterocycles. The third-order valence-corrected chi connectivity index (χ3v) is 4.40. The first-order valence-corrected chi connectivity index (χ1v) is 8.96. The number of nitrogens with one attached hydrogen (secondary N) is 2. The van der Waals surface area contributed by atoms with Crippen LogP contribution in [0.4, 0.5) is 0 Å².